The Labute approximate surface area is 142 Å². The van der Waals surface area contributed by atoms with Gasteiger partial charge >= 0.3 is 6.18 Å². The summed E-state index contributed by atoms with van der Waals surface area (Å²) in [5, 5.41) is 2.75. The minimum atomic E-state index is -4.42. The second kappa shape index (κ2) is 6.70. The highest BCUT2D eigenvalue weighted by Gasteiger charge is 2.32. The van der Waals surface area contributed by atoms with Crippen molar-refractivity contribution in [1.29, 1.82) is 0 Å². The number of nitrogens with one attached hydrogen (secondary N) is 2. The first-order valence-electron chi connectivity index (χ1n) is 7.63. The zero-order valence-electron chi connectivity index (χ0n) is 14.0. The van der Waals surface area contributed by atoms with Crippen molar-refractivity contribution in [3.8, 4) is 0 Å². The van der Waals surface area contributed by atoms with Crippen LogP contribution in [0.1, 0.15) is 47.7 Å². The molecule has 0 aliphatic rings. The van der Waals surface area contributed by atoms with Crippen LogP contribution < -0.4 is 10.9 Å². The molecule has 0 unspecified atom stereocenters. The Hall–Kier alpha value is -2.64. The number of amides is 1. The summed E-state index contributed by atoms with van der Waals surface area (Å²) in [6.07, 6.45) is -3.98. The number of H-pyrrole nitrogens is 1. The van der Waals surface area contributed by atoms with Gasteiger partial charge in [-0.2, -0.15) is 13.2 Å². The van der Waals surface area contributed by atoms with E-state index in [1.54, 1.807) is 20.8 Å². The lowest BCUT2D eigenvalue weighted by atomic mass is 9.88. The molecular weight excluding hydrogens is 335 g/mol. The molecule has 5 nitrogen and oxygen atoms in total. The van der Waals surface area contributed by atoms with Crippen LogP contribution >= 0.6 is 0 Å². The van der Waals surface area contributed by atoms with Crippen LogP contribution in [0.2, 0.25) is 0 Å². The van der Waals surface area contributed by atoms with E-state index in [0.717, 1.165) is 18.2 Å². The molecule has 134 valence electrons. The van der Waals surface area contributed by atoms with E-state index in [2.05, 4.69) is 15.3 Å². The fourth-order valence-electron chi connectivity index (χ4n) is 2.40. The number of carbonyl (C=O) groups excluding carboxylic acids is 1. The molecule has 0 aliphatic carbocycles. The van der Waals surface area contributed by atoms with E-state index in [1.807, 2.05) is 0 Å². The van der Waals surface area contributed by atoms with Crippen LogP contribution in [0.25, 0.3) is 0 Å². The van der Waals surface area contributed by atoms with Gasteiger partial charge in [-0.25, -0.2) is 4.98 Å². The average molecular weight is 353 g/mol. The van der Waals surface area contributed by atoms with Crippen LogP contribution in [0.4, 0.5) is 13.2 Å². The lowest BCUT2D eigenvalue weighted by Gasteiger charge is -2.30. The molecule has 8 heteroatoms. The number of aromatic amines is 1. The maximum atomic E-state index is 12.7. The third-order valence-corrected chi connectivity index (χ3v) is 4.04. The van der Waals surface area contributed by atoms with E-state index in [9.17, 15) is 22.8 Å². The summed E-state index contributed by atoms with van der Waals surface area (Å²) in [5.74, 6) is -0.274. The van der Waals surface area contributed by atoms with Gasteiger partial charge in [-0.3, -0.25) is 9.59 Å². The highest BCUT2D eigenvalue weighted by Crippen LogP contribution is 2.32. The fraction of sp³-hybridized carbons (Fsp3) is 0.353. The molecule has 0 radical (unpaired) electrons. The van der Waals surface area contributed by atoms with Crippen LogP contribution in [-0.2, 0) is 11.7 Å². The number of benzene rings is 1. The van der Waals surface area contributed by atoms with Crippen molar-refractivity contribution in [3.63, 3.8) is 0 Å². The lowest BCUT2D eigenvalue weighted by molar-refractivity contribution is -0.137. The lowest BCUT2D eigenvalue weighted by Crippen LogP contribution is -2.43. The number of aryl methyl sites for hydroxylation is 1. The fourth-order valence-corrected chi connectivity index (χ4v) is 2.40. The Morgan fingerprint density at radius 1 is 1.20 bits per heavy atom. The Morgan fingerprint density at radius 2 is 1.76 bits per heavy atom. The molecule has 0 spiro atoms. The molecule has 25 heavy (non-hydrogen) atoms. The van der Waals surface area contributed by atoms with E-state index >= 15 is 0 Å². The van der Waals surface area contributed by atoms with Crippen molar-refractivity contribution >= 4 is 5.91 Å². The maximum Gasteiger partial charge on any atom is 0.416 e. The Balaban J connectivity index is 2.30. The van der Waals surface area contributed by atoms with E-state index in [0.29, 0.717) is 17.8 Å². The topological polar surface area (TPSA) is 74.8 Å². The predicted molar refractivity (Wildman–Crippen MR) is 86.1 cm³/mol. The Morgan fingerprint density at radius 3 is 2.24 bits per heavy atom. The highest BCUT2D eigenvalue weighted by atomic mass is 19.4. The molecule has 1 aromatic heterocycles. The van der Waals surface area contributed by atoms with Gasteiger partial charge in [0.25, 0.3) is 11.5 Å². The Bertz CT molecular complexity index is 828. The summed E-state index contributed by atoms with van der Waals surface area (Å²) in [5.41, 5.74) is -1.64. The van der Waals surface area contributed by atoms with Crippen LogP contribution in [0.3, 0.4) is 0 Å². The van der Waals surface area contributed by atoms with E-state index in [-0.39, 0.29) is 5.69 Å². The molecule has 0 fully saturated rings. The quantitative estimate of drug-likeness (QED) is 0.887. The van der Waals surface area contributed by atoms with Gasteiger partial charge in [0.1, 0.15) is 11.5 Å². The molecule has 1 aromatic carbocycles. The van der Waals surface area contributed by atoms with Gasteiger partial charge in [0, 0.05) is 6.07 Å². The van der Waals surface area contributed by atoms with Crippen LogP contribution in [0.15, 0.2) is 35.1 Å². The normalized spacial score (nSPS) is 14.0. The molecule has 2 N–H and O–H groups in total. The summed E-state index contributed by atoms with van der Waals surface area (Å²) >= 11 is 0. The number of hydrogen-bond donors (Lipinski definition) is 2. The first-order valence-corrected chi connectivity index (χ1v) is 7.63. The third kappa shape index (κ3) is 4.26. The summed E-state index contributed by atoms with van der Waals surface area (Å²) < 4.78 is 38.1. The number of hydrogen-bond acceptors (Lipinski definition) is 3. The summed E-state index contributed by atoms with van der Waals surface area (Å²) in [6.45, 7) is 5.05. The second-order valence-electron chi connectivity index (χ2n) is 5.93. The Kier molecular flexibility index (Phi) is 5.01. The van der Waals surface area contributed by atoms with Crippen molar-refractivity contribution < 1.29 is 18.0 Å². The van der Waals surface area contributed by atoms with Crippen molar-refractivity contribution in [3.05, 3.63) is 63.3 Å². The van der Waals surface area contributed by atoms with Gasteiger partial charge in [-0.15, -0.1) is 0 Å². The first-order chi connectivity index (χ1) is 11.5. The average Bonchev–Trinajstić information content (AvgIpc) is 2.53. The standard InChI is InChI=1S/C17H18F3N3O2/c1-4-16(3,11-5-7-12(8-6-11)17(18,19)20)23-15(25)13-9-14(24)22-10(2)21-13/h5-9H,4H2,1-3H3,(H,23,25)(H,21,22,24)/t16-/m1/s1. The number of nitrogens with zero attached hydrogens (tertiary/aromatic N) is 1. The minimum absolute atomic E-state index is 0.0483. The largest absolute Gasteiger partial charge is 0.416 e. The van der Waals surface area contributed by atoms with Crippen molar-refractivity contribution in [2.75, 3.05) is 0 Å². The molecule has 0 saturated carbocycles. The number of halogens is 3. The van der Waals surface area contributed by atoms with Crippen molar-refractivity contribution in [2.45, 2.75) is 38.9 Å². The number of aromatic nitrogens is 2. The molecule has 1 amide bonds. The summed E-state index contributed by atoms with van der Waals surface area (Å²) in [7, 11) is 0. The first kappa shape index (κ1) is 18.7. The monoisotopic (exact) mass is 353 g/mol. The number of carbonyl (C=O) groups is 1. The second-order valence-corrected chi connectivity index (χ2v) is 5.93. The van der Waals surface area contributed by atoms with Gasteiger partial charge < -0.3 is 10.3 Å². The predicted octanol–water partition coefficient (Wildman–Crippen LogP) is 3.15. The molecule has 1 atom stereocenters. The molecule has 2 rings (SSSR count). The van der Waals surface area contributed by atoms with Crippen LogP contribution in [0.5, 0.6) is 0 Å². The van der Waals surface area contributed by atoms with Gasteiger partial charge in [-0.05, 0) is 38.0 Å². The molecule has 2 aromatic rings. The summed E-state index contributed by atoms with van der Waals surface area (Å²) in [6, 6.07) is 5.70. The minimum Gasteiger partial charge on any atom is -0.341 e. The summed E-state index contributed by atoms with van der Waals surface area (Å²) in [4.78, 5) is 30.3. The molecule has 1 heterocycles. The van der Waals surface area contributed by atoms with Crippen LogP contribution in [0, 0.1) is 6.92 Å². The third-order valence-electron chi connectivity index (χ3n) is 4.04. The zero-order chi connectivity index (χ0) is 18.8. The van der Waals surface area contributed by atoms with E-state index in [1.165, 1.54) is 12.1 Å². The van der Waals surface area contributed by atoms with Gasteiger partial charge in [-0.1, -0.05) is 19.1 Å². The smallest absolute Gasteiger partial charge is 0.341 e. The molecule has 0 aliphatic heterocycles. The maximum absolute atomic E-state index is 12.7. The molecular formula is C17H18F3N3O2. The van der Waals surface area contributed by atoms with Crippen molar-refractivity contribution in [2.24, 2.45) is 0 Å². The molecule has 0 saturated heterocycles. The highest BCUT2D eigenvalue weighted by molar-refractivity contribution is 5.92. The van der Waals surface area contributed by atoms with Gasteiger partial charge in [0.05, 0.1) is 11.1 Å². The van der Waals surface area contributed by atoms with E-state index < -0.39 is 28.7 Å². The van der Waals surface area contributed by atoms with Gasteiger partial charge in [0.2, 0.25) is 0 Å². The zero-order valence-corrected chi connectivity index (χ0v) is 14.0. The number of rotatable bonds is 4. The SMILES string of the molecule is CC[C@@](C)(NC(=O)c1cc(=O)[nH]c(C)n1)c1ccc(C(F)(F)F)cc1. The number of alkyl halides is 3. The van der Waals surface area contributed by atoms with Gasteiger partial charge in [0.15, 0.2) is 0 Å². The molecule has 0 bridgehead atoms. The van der Waals surface area contributed by atoms with Crippen molar-refractivity contribution in [1.82, 2.24) is 15.3 Å². The van der Waals surface area contributed by atoms with E-state index in [4.69, 9.17) is 0 Å². The van der Waals surface area contributed by atoms with Crippen LogP contribution in [-0.4, -0.2) is 15.9 Å².